The van der Waals surface area contributed by atoms with Crippen molar-refractivity contribution in [2.45, 2.75) is 59.7 Å². The Bertz CT molecular complexity index is 469. The molecule has 1 heterocycles. The van der Waals surface area contributed by atoms with Crippen LogP contribution in [-0.4, -0.2) is 27.8 Å². The third-order valence-electron chi connectivity index (χ3n) is 2.15. The fraction of sp³-hybridized carbons (Fsp3) is 0.600. The van der Waals surface area contributed by atoms with Gasteiger partial charge in [0.05, 0.1) is 0 Å². The molecular formula is C15H23NO4. The number of esters is 1. The van der Waals surface area contributed by atoms with Crippen LogP contribution < -0.4 is 0 Å². The normalized spacial score (nSPS) is 12.2. The molecule has 1 aromatic heterocycles. The number of rotatable bonds is 1. The zero-order chi connectivity index (χ0) is 15.7. The molecule has 0 spiro atoms. The van der Waals surface area contributed by atoms with Crippen LogP contribution in [0.5, 0.6) is 0 Å². The van der Waals surface area contributed by atoms with Gasteiger partial charge in [0.2, 0.25) is 0 Å². The van der Waals surface area contributed by atoms with Crippen LogP contribution in [0.3, 0.4) is 0 Å². The minimum atomic E-state index is -0.625. The second-order valence-corrected chi connectivity index (χ2v) is 6.75. The number of hydrogen-bond acceptors (Lipinski definition) is 4. The molecule has 112 valence electrons. The highest BCUT2D eigenvalue weighted by molar-refractivity contribution is 5.92. The molecule has 0 amide bonds. The summed E-state index contributed by atoms with van der Waals surface area (Å²) in [6, 6.07) is 1.61. The SMILES string of the molecule is Cc1cc(C(=O)OC(C)(C)C)n(C(=O)OC(C)(C)C)c1. The topological polar surface area (TPSA) is 57.5 Å². The van der Waals surface area contributed by atoms with Crippen LogP contribution in [-0.2, 0) is 9.47 Å². The number of aryl methyl sites for hydroxylation is 1. The van der Waals surface area contributed by atoms with Crippen LogP contribution in [0.1, 0.15) is 57.6 Å². The van der Waals surface area contributed by atoms with Crippen LogP contribution in [0.4, 0.5) is 4.79 Å². The van der Waals surface area contributed by atoms with Crippen molar-refractivity contribution in [3.8, 4) is 0 Å². The van der Waals surface area contributed by atoms with Crippen molar-refractivity contribution < 1.29 is 19.1 Å². The Hall–Kier alpha value is -1.78. The van der Waals surface area contributed by atoms with Crippen LogP contribution in [0.15, 0.2) is 12.3 Å². The van der Waals surface area contributed by atoms with Gasteiger partial charge in [0.1, 0.15) is 16.9 Å². The molecule has 0 atom stereocenters. The predicted molar refractivity (Wildman–Crippen MR) is 76.0 cm³/mol. The van der Waals surface area contributed by atoms with E-state index in [9.17, 15) is 9.59 Å². The summed E-state index contributed by atoms with van der Waals surface area (Å²) in [7, 11) is 0. The minimum Gasteiger partial charge on any atom is -0.455 e. The lowest BCUT2D eigenvalue weighted by Crippen LogP contribution is -2.30. The third kappa shape index (κ3) is 4.72. The van der Waals surface area contributed by atoms with Gasteiger partial charge in [-0.2, -0.15) is 0 Å². The largest absolute Gasteiger partial charge is 0.455 e. The van der Waals surface area contributed by atoms with Crippen LogP contribution in [0.2, 0.25) is 0 Å². The highest BCUT2D eigenvalue weighted by atomic mass is 16.6. The molecule has 1 aromatic rings. The standard InChI is InChI=1S/C15H23NO4/c1-10-8-11(12(17)19-14(2,3)4)16(9-10)13(18)20-15(5,6)7/h8-9H,1-7H3. The summed E-state index contributed by atoms with van der Waals surface area (Å²) in [5, 5.41) is 0. The smallest absolute Gasteiger partial charge is 0.419 e. The fourth-order valence-corrected chi connectivity index (χ4v) is 1.55. The van der Waals surface area contributed by atoms with Gasteiger partial charge in [-0.25, -0.2) is 14.2 Å². The zero-order valence-electron chi connectivity index (χ0n) is 13.2. The van der Waals surface area contributed by atoms with Gasteiger partial charge in [0.15, 0.2) is 0 Å². The number of nitrogens with zero attached hydrogens (tertiary/aromatic N) is 1. The Balaban J connectivity index is 3.05. The summed E-state index contributed by atoms with van der Waals surface area (Å²) in [4.78, 5) is 24.2. The lowest BCUT2D eigenvalue weighted by molar-refractivity contribution is 0.00492. The summed E-state index contributed by atoms with van der Waals surface area (Å²) in [5.41, 5.74) is -0.280. The van der Waals surface area contributed by atoms with Crippen LogP contribution in [0, 0.1) is 6.92 Å². The van der Waals surface area contributed by atoms with E-state index >= 15 is 0 Å². The molecule has 0 aliphatic heterocycles. The summed E-state index contributed by atoms with van der Waals surface area (Å²) in [5.74, 6) is -0.545. The van der Waals surface area contributed by atoms with E-state index in [4.69, 9.17) is 9.47 Å². The molecule has 0 aliphatic carbocycles. The molecule has 0 unspecified atom stereocenters. The molecule has 5 heteroatoms. The molecule has 20 heavy (non-hydrogen) atoms. The molecule has 0 radical (unpaired) electrons. The highest BCUT2D eigenvalue weighted by Crippen LogP contribution is 2.17. The van der Waals surface area contributed by atoms with Crippen molar-refractivity contribution >= 4 is 12.1 Å². The van der Waals surface area contributed by atoms with E-state index < -0.39 is 23.3 Å². The summed E-state index contributed by atoms with van der Waals surface area (Å²) >= 11 is 0. The Kier molecular flexibility index (Phi) is 4.32. The van der Waals surface area contributed by atoms with Crippen molar-refractivity contribution in [1.82, 2.24) is 4.57 Å². The van der Waals surface area contributed by atoms with Gasteiger partial charge < -0.3 is 9.47 Å². The van der Waals surface area contributed by atoms with E-state index in [2.05, 4.69) is 0 Å². The number of aromatic nitrogens is 1. The molecular weight excluding hydrogens is 258 g/mol. The first kappa shape index (κ1) is 16.3. The van der Waals surface area contributed by atoms with Crippen molar-refractivity contribution in [3.05, 3.63) is 23.5 Å². The second-order valence-electron chi connectivity index (χ2n) is 6.75. The summed E-state index contributed by atoms with van der Waals surface area (Å²) in [6.07, 6.45) is 0.972. The van der Waals surface area contributed by atoms with E-state index in [1.165, 1.54) is 4.57 Å². The summed E-state index contributed by atoms with van der Waals surface area (Å²) in [6.45, 7) is 12.4. The average molecular weight is 281 g/mol. The number of carbonyl (C=O) groups excluding carboxylic acids is 2. The quantitative estimate of drug-likeness (QED) is 0.739. The number of carbonyl (C=O) groups is 2. The highest BCUT2D eigenvalue weighted by Gasteiger charge is 2.26. The second kappa shape index (κ2) is 5.31. The van der Waals surface area contributed by atoms with Crippen molar-refractivity contribution in [3.63, 3.8) is 0 Å². The average Bonchev–Trinajstić information content (AvgIpc) is 2.55. The van der Waals surface area contributed by atoms with Gasteiger partial charge >= 0.3 is 12.1 Å². The maximum absolute atomic E-state index is 12.1. The monoisotopic (exact) mass is 281 g/mol. The summed E-state index contributed by atoms with van der Waals surface area (Å²) < 4.78 is 11.8. The van der Waals surface area contributed by atoms with Gasteiger partial charge in [-0.3, -0.25) is 0 Å². The Morgan fingerprint density at radius 1 is 1.00 bits per heavy atom. The van der Waals surface area contributed by atoms with Crippen molar-refractivity contribution in [2.75, 3.05) is 0 Å². The van der Waals surface area contributed by atoms with Gasteiger partial charge in [-0.05, 0) is 60.1 Å². The van der Waals surface area contributed by atoms with Gasteiger partial charge in [0, 0.05) is 6.20 Å². The third-order valence-corrected chi connectivity index (χ3v) is 2.15. The predicted octanol–water partition coefficient (Wildman–Crippen LogP) is 3.54. The molecule has 0 aliphatic rings. The maximum atomic E-state index is 12.1. The van der Waals surface area contributed by atoms with E-state index in [0.717, 1.165) is 5.56 Å². The van der Waals surface area contributed by atoms with Gasteiger partial charge in [-0.1, -0.05) is 0 Å². The van der Waals surface area contributed by atoms with Crippen LogP contribution in [0.25, 0.3) is 0 Å². The van der Waals surface area contributed by atoms with Gasteiger partial charge in [0.25, 0.3) is 0 Å². The first-order valence-electron chi connectivity index (χ1n) is 6.55. The Labute approximate surface area is 119 Å². The van der Waals surface area contributed by atoms with Crippen LogP contribution >= 0.6 is 0 Å². The van der Waals surface area contributed by atoms with E-state index in [0.29, 0.717) is 0 Å². The molecule has 0 bridgehead atoms. The molecule has 5 nitrogen and oxygen atoms in total. The fourth-order valence-electron chi connectivity index (χ4n) is 1.55. The molecule has 0 fully saturated rings. The zero-order valence-corrected chi connectivity index (χ0v) is 13.2. The van der Waals surface area contributed by atoms with E-state index in [1.54, 1.807) is 60.7 Å². The van der Waals surface area contributed by atoms with Crippen molar-refractivity contribution in [2.24, 2.45) is 0 Å². The van der Waals surface area contributed by atoms with Crippen molar-refractivity contribution in [1.29, 1.82) is 0 Å². The van der Waals surface area contributed by atoms with Gasteiger partial charge in [-0.15, -0.1) is 0 Å². The lowest BCUT2D eigenvalue weighted by Gasteiger charge is -2.22. The molecule has 0 saturated carbocycles. The minimum absolute atomic E-state index is 0.173. The first-order valence-corrected chi connectivity index (χ1v) is 6.55. The maximum Gasteiger partial charge on any atom is 0.419 e. The molecule has 0 N–H and O–H groups in total. The molecule has 0 aromatic carbocycles. The first-order chi connectivity index (χ1) is 8.89. The molecule has 1 rings (SSSR count). The number of ether oxygens (including phenoxy) is 2. The Morgan fingerprint density at radius 3 is 1.95 bits per heavy atom. The van der Waals surface area contributed by atoms with E-state index in [-0.39, 0.29) is 5.69 Å². The molecule has 0 saturated heterocycles. The van der Waals surface area contributed by atoms with E-state index in [1.807, 2.05) is 0 Å². The Morgan fingerprint density at radius 2 is 1.50 bits per heavy atom. The lowest BCUT2D eigenvalue weighted by atomic mass is 10.2. The number of hydrogen-bond donors (Lipinski definition) is 0.